The van der Waals surface area contributed by atoms with E-state index in [1.54, 1.807) is 17.9 Å². The van der Waals surface area contributed by atoms with Crippen LogP contribution >= 0.6 is 0 Å². The first-order valence-electron chi connectivity index (χ1n) is 5.67. The number of para-hydroxylation sites is 2. The van der Waals surface area contributed by atoms with Crippen LogP contribution in [0.3, 0.4) is 0 Å². The van der Waals surface area contributed by atoms with Gasteiger partial charge in [-0.15, -0.1) is 0 Å². The van der Waals surface area contributed by atoms with Crippen molar-refractivity contribution in [2.45, 2.75) is 6.92 Å². The standard InChI is InChI=1S/C12H15N5O/c1-9(6-13)12(18)16-10-4-2-3-5-11(10)17-8-14-7-15-17/h2-5,7-9H,6,13H2,1H3,(H,16,18). The minimum absolute atomic E-state index is 0.106. The Bertz CT molecular complexity index is 523. The first-order valence-corrected chi connectivity index (χ1v) is 5.67. The van der Waals surface area contributed by atoms with E-state index in [4.69, 9.17) is 5.73 Å². The molecule has 0 radical (unpaired) electrons. The number of hydrogen-bond acceptors (Lipinski definition) is 4. The molecule has 6 heteroatoms. The first kappa shape index (κ1) is 12.3. The molecule has 2 rings (SSSR count). The Morgan fingerprint density at radius 3 is 2.94 bits per heavy atom. The fourth-order valence-corrected chi connectivity index (χ4v) is 1.47. The molecule has 0 fully saturated rings. The zero-order valence-corrected chi connectivity index (χ0v) is 10.1. The highest BCUT2D eigenvalue weighted by molar-refractivity contribution is 5.94. The lowest BCUT2D eigenvalue weighted by atomic mass is 10.1. The van der Waals surface area contributed by atoms with Crippen molar-refractivity contribution in [2.75, 3.05) is 11.9 Å². The molecule has 3 N–H and O–H groups in total. The molecule has 0 spiro atoms. The molecule has 0 aliphatic heterocycles. The molecule has 1 unspecified atom stereocenters. The van der Waals surface area contributed by atoms with Crippen molar-refractivity contribution < 1.29 is 4.79 Å². The highest BCUT2D eigenvalue weighted by Gasteiger charge is 2.13. The monoisotopic (exact) mass is 245 g/mol. The summed E-state index contributed by atoms with van der Waals surface area (Å²) in [6, 6.07) is 7.40. The number of aromatic nitrogens is 3. The molecule has 0 aliphatic carbocycles. The van der Waals surface area contributed by atoms with Gasteiger partial charge in [-0.1, -0.05) is 19.1 Å². The molecule has 1 aromatic carbocycles. The lowest BCUT2D eigenvalue weighted by molar-refractivity contribution is -0.119. The third kappa shape index (κ3) is 2.54. The molecule has 0 aliphatic rings. The van der Waals surface area contributed by atoms with Gasteiger partial charge in [-0.2, -0.15) is 5.10 Å². The second-order valence-electron chi connectivity index (χ2n) is 3.98. The van der Waals surface area contributed by atoms with Crippen molar-refractivity contribution in [2.24, 2.45) is 11.7 Å². The van der Waals surface area contributed by atoms with E-state index >= 15 is 0 Å². The first-order chi connectivity index (χ1) is 8.72. The van der Waals surface area contributed by atoms with Crippen molar-refractivity contribution in [3.8, 4) is 5.69 Å². The Hall–Kier alpha value is -2.21. The van der Waals surface area contributed by atoms with Crippen LogP contribution in [0.5, 0.6) is 0 Å². The Balaban J connectivity index is 2.26. The maximum absolute atomic E-state index is 11.8. The molecular weight excluding hydrogens is 230 g/mol. The summed E-state index contributed by atoms with van der Waals surface area (Å²) in [5, 5.41) is 6.89. The fourth-order valence-electron chi connectivity index (χ4n) is 1.47. The van der Waals surface area contributed by atoms with E-state index in [0.717, 1.165) is 5.69 Å². The Morgan fingerprint density at radius 1 is 1.50 bits per heavy atom. The summed E-state index contributed by atoms with van der Waals surface area (Å²) in [5.41, 5.74) is 6.93. The highest BCUT2D eigenvalue weighted by atomic mass is 16.1. The fraction of sp³-hybridized carbons (Fsp3) is 0.250. The van der Waals surface area contributed by atoms with Crippen molar-refractivity contribution >= 4 is 11.6 Å². The number of anilines is 1. The Labute approximate surface area is 105 Å². The average Bonchev–Trinajstić information content (AvgIpc) is 2.92. The molecular formula is C12H15N5O. The van der Waals surface area contributed by atoms with Gasteiger partial charge < -0.3 is 11.1 Å². The molecule has 0 bridgehead atoms. The minimum atomic E-state index is -0.228. The van der Waals surface area contributed by atoms with Crippen molar-refractivity contribution in [3.05, 3.63) is 36.9 Å². The molecule has 1 atom stereocenters. The summed E-state index contributed by atoms with van der Waals surface area (Å²) in [6.45, 7) is 2.10. The molecule has 6 nitrogen and oxygen atoms in total. The molecule has 1 aromatic heterocycles. The number of carbonyl (C=O) groups is 1. The molecule has 1 amide bonds. The normalized spacial score (nSPS) is 12.1. The number of nitrogens with zero attached hydrogens (tertiary/aromatic N) is 3. The summed E-state index contributed by atoms with van der Waals surface area (Å²) >= 11 is 0. The smallest absolute Gasteiger partial charge is 0.228 e. The van der Waals surface area contributed by atoms with Crippen molar-refractivity contribution in [1.82, 2.24) is 14.8 Å². The van der Waals surface area contributed by atoms with Gasteiger partial charge in [0.2, 0.25) is 5.91 Å². The van der Waals surface area contributed by atoms with E-state index in [2.05, 4.69) is 15.4 Å². The van der Waals surface area contributed by atoms with Gasteiger partial charge >= 0.3 is 0 Å². The largest absolute Gasteiger partial charge is 0.330 e. The lowest BCUT2D eigenvalue weighted by Crippen LogP contribution is -2.27. The molecule has 2 aromatic rings. The second kappa shape index (κ2) is 5.42. The van der Waals surface area contributed by atoms with Crippen LogP contribution in [0.15, 0.2) is 36.9 Å². The zero-order valence-electron chi connectivity index (χ0n) is 10.1. The van der Waals surface area contributed by atoms with Crippen LogP contribution in [-0.4, -0.2) is 27.2 Å². The van der Waals surface area contributed by atoms with Crippen LogP contribution in [-0.2, 0) is 4.79 Å². The third-order valence-corrected chi connectivity index (χ3v) is 2.63. The number of hydrogen-bond donors (Lipinski definition) is 2. The topological polar surface area (TPSA) is 85.8 Å². The number of nitrogens with two attached hydrogens (primary N) is 1. The van der Waals surface area contributed by atoms with Crippen LogP contribution in [0.4, 0.5) is 5.69 Å². The van der Waals surface area contributed by atoms with Crippen LogP contribution in [0, 0.1) is 5.92 Å². The van der Waals surface area contributed by atoms with E-state index in [1.807, 2.05) is 24.3 Å². The summed E-state index contributed by atoms with van der Waals surface area (Å²) in [4.78, 5) is 15.7. The van der Waals surface area contributed by atoms with E-state index in [1.165, 1.54) is 6.33 Å². The van der Waals surface area contributed by atoms with Gasteiger partial charge in [0.05, 0.1) is 11.4 Å². The van der Waals surface area contributed by atoms with Gasteiger partial charge in [0, 0.05) is 12.5 Å². The van der Waals surface area contributed by atoms with Gasteiger partial charge in [0.15, 0.2) is 0 Å². The van der Waals surface area contributed by atoms with Gasteiger partial charge in [-0.25, -0.2) is 9.67 Å². The Kier molecular flexibility index (Phi) is 3.69. The lowest BCUT2D eigenvalue weighted by Gasteiger charge is -2.13. The maximum Gasteiger partial charge on any atom is 0.228 e. The van der Waals surface area contributed by atoms with Crippen LogP contribution in [0.2, 0.25) is 0 Å². The predicted molar refractivity (Wildman–Crippen MR) is 68.2 cm³/mol. The van der Waals surface area contributed by atoms with E-state index in [9.17, 15) is 4.79 Å². The van der Waals surface area contributed by atoms with Gasteiger partial charge in [0.25, 0.3) is 0 Å². The quantitative estimate of drug-likeness (QED) is 0.834. The minimum Gasteiger partial charge on any atom is -0.330 e. The third-order valence-electron chi connectivity index (χ3n) is 2.63. The summed E-state index contributed by atoms with van der Waals surface area (Å²) in [7, 11) is 0. The van der Waals surface area contributed by atoms with E-state index in [0.29, 0.717) is 12.2 Å². The van der Waals surface area contributed by atoms with Crippen LogP contribution in [0.1, 0.15) is 6.92 Å². The number of amides is 1. The molecule has 0 saturated carbocycles. The van der Waals surface area contributed by atoms with Gasteiger partial charge in [-0.05, 0) is 12.1 Å². The second-order valence-corrected chi connectivity index (χ2v) is 3.98. The average molecular weight is 245 g/mol. The van der Waals surface area contributed by atoms with E-state index in [-0.39, 0.29) is 11.8 Å². The van der Waals surface area contributed by atoms with E-state index < -0.39 is 0 Å². The number of carbonyl (C=O) groups excluding carboxylic acids is 1. The summed E-state index contributed by atoms with van der Waals surface area (Å²) < 4.78 is 1.60. The van der Waals surface area contributed by atoms with Crippen molar-refractivity contribution in [3.63, 3.8) is 0 Å². The van der Waals surface area contributed by atoms with Gasteiger partial charge in [0.1, 0.15) is 12.7 Å². The predicted octanol–water partition coefficient (Wildman–Crippen LogP) is 0.801. The maximum atomic E-state index is 11.8. The van der Waals surface area contributed by atoms with Crippen LogP contribution in [0.25, 0.3) is 5.69 Å². The molecule has 0 saturated heterocycles. The van der Waals surface area contributed by atoms with Crippen LogP contribution < -0.4 is 11.1 Å². The molecule has 1 heterocycles. The van der Waals surface area contributed by atoms with Crippen molar-refractivity contribution in [1.29, 1.82) is 0 Å². The Morgan fingerprint density at radius 2 is 2.28 bits per heavy atom. The number of nitrogens with one attached hydrogen (secondary N) is 1. The molecule has 94 valence electrons. The SMILES string of the molecule is CC(CN)C(=O)Nc1ccccc1-n1cncn1. The summed E-state index contributed by atoms with van der Waals surface area (Å²) in [5.74, 6) is -0.334. The summed E-state index contributed by atoms with van der Waals surface area (Å²) in [6.07, 6.45) is 3.03. The highest BCUT2D eigenvalue weighted by Crippen LogP contribution is 2.19. The van der Waals surface area contributed by atoms with Gasteiger partial charge in [-0.3, -0.25) is 4.79 Å². The molecule has 18 heavy (non-hydrogen) atoms. The number of rotatable bonds is 4. The number of benzene rings is 1. The zero-order chi connectivity index (χ0) is 13.0.